The minimum Gasteiger partial charge on any atom is -0.466 e. The average molecular weight is 278 g/mol. The molecule has 0 saturated carbocycles. The molecule has 5 nitrogen and oxygen atoms in total. The van der Waals surface area contributed by atoms with Gasteiger partial charge in [0.1, 0.15) is 0 Å². The maximum atomic E-state index is 12.1. The van der Waals surface area contributed by atoms with Crippen LogP contribution in [0.3, 0.4) is 0 Å². The first kappa shape index (κ1) is 16.2. The van der Waals surface area contributed by atoms with Crippen LogP contribution in [-0.4, -0.2) is 50.6 Å². The highest BCUT2D eigenvalue weighted by Crippen LogP contribution is 2.11. The second-order valence-corrected chi connectivity index (χ2v) is 4.58. The van der Waals surface area contributed by atoms with Crippen molar-refractivity contribution in [1.82, 2.24) is 4.90 Å². The van der Waals surface area contributed by atoms with E-state index in [1.54, 1.807) is 18.9 Å². The largest absolute Gasteiger partial charge is 0.466 e. The summed E-state index contributed by atoms with van der Waals surface area (Å²) in [6.45, 7) is 2.94. The Morgan fingerprint density at radius 1 is 1.15 bits per heavy atom. The fourth-order valence-electron chi connectivity index (χ4n) is 1.73. The standard InChI is InChI=1S/C15H22N2O3/c1-4-20-15(19)10-11-16(2)12-14(18)17(3)13-8-6-5-7-9-13/h5-9H,4,10-12H2,1-3H3. The van der Waals surface area contributed by atoms with E-state index in [2.05, 4.69) is 0 Å². The fraction of sp³-hybridized carbons (Fsp3) is 0.467. The van der Waals surface area contributed by atoms with Gasteiger partial charge in [-0.1, -0.05) is 18.2 Å². The molecular weight excluding hydrogens is 256 g/mol. The Kier molecular flexibility index (Phi) is 6.73. The first-order valence-electron chi connectivity index (χ1n) is 6.70. The van der Waals surface area contributed by atoms with Gasteiger partial charge in [0.15, 0.2) is 0 Å². The highest BCUT2D eigenvalue weighted by Gasteiger charge is 2.14. The van der Waals surface area contributed by atoms with Crippen molar-refractivity contribution in [3.8, 4) is 0 Å². The van der Waals surface area contributed by atoms with Crippen molar-refractivity contribution in [2.75, 3.05) is 38.7 Å². The molecule has 0 unspecified atom stereocenters. The van der Waals surface area contributed by atoms with Crippen LogP contribution in [-0.2, 0) is 14.3 Å². The first-order chi connectivity index (χ1) is 9.54. The Balaban J connectivity index is 2.40. The monoisotopic (exact) mass is 278 g/mol. The maximum Gasteiger partial charge on any atom is 0.307 e. The quantitative estimate of drug-likeness (QED) is 0.710. The number of carbonyl (C=O) groups is 2. The smallest absolute Gasteiger partial charge is 0.307 e. The average Bonchev–Trinajstić information content (AvgIpc) is 2.45. The van der Waals surface area contributed by atoms with E-state index in [0.717, 1.165) is 5.69 Å². The SMILES string of the molecule is CCOC(=O)CCN(C)CC(=O)N(C)c1ccccc1. The third kappa shape index (κ3) is 5.40. The molecule has 0 heterocycles. The normalized spacial score (nSPS) is 10.4. The predicted octanol–water partition coefficient (Wildman–Crippen LogP) is 1.53. The Labute approximate surface area is 120 Å². The van der Waals surface area contributed by atoms with E-state index in [-0.39, 0.29) is 18.4 Å². The molecule has 1 rings (SSSR count). The molecule has 0 aromatic heterocycles. The molecule has 0 aliphatic rings. The van der Waals surface area contributed by atoms with Gasteiger partial charge in [-0.2, -0.15) is 0 Å². The highest BCUT2D eigenvalue weighted by atomic mass is 16.5. The summed E-state index contributed by atoms with van der Waals surface area (Å²) < 4.78 is 4.85. The first-order valence-corrected chi connectivity index (χ1v) is 6.70. The molecule has 1 aromatic carbocycles. The van der Waals surface area contributed by atoms with Crippen molar-refractivity contribution in [2.45, 2.75) is 13.3 Å². The number of ether oxygens (including phenoxy) is 1. The van der Waals surface area contributed by atoms with Crippen LogP contribution in [0.4, 0.5) is 5.69 Å². The molecule has 0 aliphatic heterocycles. The van der Waals surface area contributed by atoms with Crippen LogP contribution in [0.5, 0.6) is 0 Å². The number of rotatable bonds is 7. The van der Waals surface area contributed by atoms with Crippen molar-refractivity contribution in [1.29, 1.82) is 0 Å². The Bertz CT molecular complexity index is 434. The Morgan fingerprint density at radius 3 is 2.40 bits per heavy atom. The number of likely N-dealkylation sites (N-methyl/N-ethyl adjacent to an activating group) is 2. The number of hydrogen-bond donors (Lipinski definition) is 0. The van der Waals surface area contributed by atoms with E-state index in [4.69, 9.17) is 4.74 Å². The molecule has 0 N–H and O–H groups in total. The van der Waals surface area contributed by atoms with Crippen LogP contribution in [0, 0.1) is 0 Å². The highest BCUT2D eigenvalue weighted by molar-refractivity contribution is 5.94. The van der Waals surface area contributed by atoms with Crippen LogP contribution in [0.1, 0.15) is 13.3 Å². The molecule has 0 radical (unpaired) electrons. The molecule has 0 atom stereocenters. The van der Waals surface area contributed by atoms with Gasteiger partial charge >= 0.3 is 5.97 Å². The van der Waals surface area contributed by atoms with Gasteiger partial charge in [0.05, 0.1) is 19.6 Å². The van der Waals surface area contributed by atoms with Crippen LogP contribution >= 0.6 is 0 Å². The van der Waals surface area contributed by atoms with Gasteiger partial charge in [0.25, 0.3) is 0 Å². The molecule has 110 valence electrons. The van der Waals surface area contributed by atoms with E-state index in [9.17, 15) is 9.59 Å². The number of esters is 1. The van der Waals surface area contributed by atoms with Crippen molar-refractivity contribution in [3.63, 3.8) is 0 Å². The molecule has 0 aliphatic carbocycles. The summed E-state index contributed by atoms with van der Waals surface area (Å²) in [7, 11) is 3.56. The zero-order valence-electron chi connectivity index (χ0n) is 12.3. The van der Waals surface area contributed by atoms with Gasteiger partial charge in [-0.25, -0.2) is 0 Å². The Hall–Kier alpha value is -1.88. The van der Waals surface area contributed by atoms with Crippen LogP contribution in [0.2, 0.25) is 0 Å². The summed E-state index contributed by atoms with van der Waals surface area (Å²) in [5, 5.41) is 0. The van der Waals surface area contributed by atoms with E-state index < -0.39 is 0 Å². The lowest BCUT2D eigenvalue weighted by molar-refractivity contribution is -0.143. The van der Waals surface area contributed by atoms with E-state index in [1.165, 1.54) is 0 Å². The second kappa shape index (κ2) is 8.32. The second-order valence-electron chi connectivity index (χ2n) is 4.58. The lowest BCUT2D eigenvalue weighted by Crippen LogP contribution is -2.37. The number of anilines is 1. The van der Waals surface area contributed by atoms with Crippen LogP contribution in [0.25, 0.3) is 0 Å². The summed E-state index contributed by atoms with van der Waals surface area (Å²) in [6.07, 6.45) is 0.298. The van der Waals surface area contributed by atoms with Gasteiger partial charge in [0.2, 0.25) is 5.91 Å². The Morgan fingerprint density at radius 2 is 1.80 bits per heavy atom. The molecule has 0 spiro atoms. The maximum absolute atomic E-state index is 12.1. The minimum absolute atomic E-state index is 0.0115. The summed E-state index contributed by atoms with van der Waals surface area (Å²) in [5.74, 6) is -0.245. The van der Waals surface area contributed by atoms with Crippen molar-refractivity contribution >= 4 is 17.6 Å². The van der Waals surface area contributed by atoms with Crippen LogP contribution in [0.15, 0.2) is 30.3 Å². The molecule has 0 fully saturated rings. The zero-order chi connectivity index (χ0) is 15.0. The summed E-state index contributed by atoms with van der Waals surface area (Å²) in [6, 6.07) is 9.47. The van der Waals surface area contributed by atoms with Crippen molar-refractivity contribution in [2.24, 2.45) is 0 Å². The summed E-state index contributed by atoms with van der Waals surface area (Å²) >= 11 is 0. The van der Waals surface area contributed by atoms with Crippen LogP contribution < -0.4 is 4.90 Å². The minimum atomic E-state index is -0.233. The number of hydrogen-bond acceptors (Lipinski definition) is 4. The van der Waals surface area contributed by atoms with E-state index >= 15 is 0 Å². The molecule has 1 amide bonds. The van der Waals surface area contributed by atoms with E-state index in [1.807, 2.05) is 42.3 Å². The van der Waals surface area contributed by atoms with Gasteiger partial charge in [-0.3, -0.25) is 14.5 Å². The molecule has 20 heavy (non-hydrogen) atoms. The number of nitrogens with zero attached hydrogens (tertiary/aromatic N) is 2. The summed E-state index contributed by atoms with van der Waals surface area (Å²) in [5.41, 5.74) is 0.858. The lowest BCUT2D eigenvalue weighted by Gasteiger charge is -2.21. The predicted molar refractivity (Wildman–Crippen MR) is 78.6 cm³/mol. The van der Waals surface area contributed by atoms with Gasteiger partial charge in [0, 0.05) is 19.3 Å². The fourth-order valence-corrected chi connectivity index (χ4v) is 1.73. The number of carbonyl (C=O) groups excluding carboxylic acids is 2. The third-order valence-corrected chi connectivity index (χ3v) is 2.93. The molecule has 5 heteroatoms. The molecule has 1 aromatic rings. The number of para-hydroxylation sites is 1. The van der Waals surface area contributed by atoms with Gasteiger partial charge in [-0.15, -0.1) is 0 Å². The van der Waals surface area contributed by atoms with Crippen molar-refractivity contribution < 1.29 is 14.3 Å². The molecular formula is C15H22N2O3. The summed E-state index contributed by atoms with van der Waals surface area (Å²) in [4.78, 5) is 26.8. The number of benzene rings is 1. The molecule has 0 bridgehead atoms. The van der Waals surface area contributed by atoms with Gasteiger partial charge < -0.3 is 9.64 Å². The number of amides is 1. The van der Waals surface area contributed by atoms with E-state index in [0.29, 0.717) is 19.6 Å². The topological polar surface area (TPSA) is 49.9 Å². The van der Waals surface area contributed by atoms with Gasteiger partial charge in [-0.05, 0) is 26.1 Å². The zero-order valence-corrected chi connectivity index (χ0v) is 12.3. The lowest BCUT2D eigenvalue weighted by atomic mass is 10.3. The molecule has 0 saturated heterocycles. The third-order valence-electron chi connectivity index (χ3n) is 2.93. The van der Waals surface area contributed by atoms with Crippen molar-refractivity contribution in [3.05, 3.63) is 30.3 Å².